The predicted octanol–water partition coefficient (Wildman–Crippen LogP) is 9.50. The molecule has 0 aromatic carbocycles. The van der Waals surface area contributed by atoms with E-state index in [1.807, 2.05) is 18.7 Å². The Morgan fingerprint density at radius 3 is 2.12 bits per heavy atom. The lowest BCUT2D eigenvalue weighted by molar-refractivity contribution is -0.153. The lowest BCUT2D eigenvalue weighted by atomic mass is 9.47. The van der Waals surface area contributed by atoms with E-state index in [-0.39, 0.29) is 73.1 Å². The number of allylic oxidation sites excluding steroid dienone is 1. The van der Waals surface area contributed by atoms with Crippen LogP contribution in [0.3, 0.4) is 0 Å². The van der Waals surface area contributed by atoms with Crippen LogP contribution in [0.5, 0.6) is 0 Å². The number of hydrogen-bond donors (Lipinski definition) is 2. The summed E-state index contributed by atoms with van der Waals surface area (Å²) in [6.07, 6.45) is 18.1. The number of halogens is 2. The van der Waals surface area contributed by atoms with Gasteiger partial charge in [0.15, 0.2) is 0 Å². The summed E-state index contributed by atoms with van der Waals surface area (Å²) in [6.45, 7) is 20.1. The number of carbonyl (C=O) groups excluding carboxylic acids is 2. The molecule has 3 fully saturated rings. The summed E-state index contributed by atoms with van der Waals surface area (Å²) >= 11 is 0. The van der Waals surface area contributed by atoms with Gasteiger partial charge in [0, 0.05) is 38.0 Å². The smallest absolute Gasteiger partial charge is 0.306 e. The molecule has 1 amide bonds. The topological polar surface area (TPSA) is 98.7 Å². The number of nitrogens with zero attached hydrogens (tertiary/aromatic N) is 1. The summed E-state index contributed by atoms with van der Waals surface area (Å²) in [6, 6.07) is 0.0593. The Morgan fingerprint density at radius 2 is 1.53 bits per heavy atom. The van der Waals surface area contributed by atoms with Crippen molar-refractivity contribution in [2.45, 2.75) is 170 Å². The number of fused-ring (bicyclic) bond motifs is 5. The fourth-order valence-corrected chi connectivity index (χ4v) is 11.1. The van der Waals surface area contributed by atoms with Crippen molar-refractivity contribution in [2.75, 3.05) is 13.1 Å². The molecule has 3 saturated carbocycles. The Balaban J connectivity index is 0.00000417. The van der Waals surface area contributed by atoms with Gasteiger partial charge in [-0.1, -0.05) is 66.0 Å². The van der Waals surface area contributed by atoms with Crippen LogP contribution in [0.1, 0.15) is 152 Å². The third-order valence-electron chi connectivity index (χ3n) is 14.2. The van der Waals surface area contributed by atoms with E-state index < -0.39 is 0 Å². The first-order chi connectivity index (χ1) is 22.2. The summed E-state index contributed by atoms with van der Waals surface area (Å²) in [4.78, 5) is 27.8. The van der Waals surface area contributed by atoms with Gasteiger partial charge >= 0.3 is 5.97 Å². The van der Waals surface area contributed by atoms with Crippen LogP contribution < -0.4 is 11.5 Å². The molecule has 4 rings (SSSR count). The molecule has 0 heterocycles. The van der Waals surface area contributed by atoms with E-state index in [4.69, 9.17) is 16.2 Å². The average molecular weight is 729 g/mol. The number of nitrogens with two attached hydrogens (primary N) is 2. The molecule has 8 heteroatoms. The van der Waals surface area contributed by atoms with Crippen LogP contribution in [0.2, 0.25) is 0 Å². The van der Waals surface area contributed by atoms with Crippen molar-refractivity contribution < 1.29 is 14.3 Å². The zero-order chi connectivity index (χ0) is 34.5. The third-order valence-corrected chi connectivity index (χ3v) is 14.2. The second kappa shape index (κ2) is 19.3. The van der Waals surface area contributed by atoms with E-state index in [2.05, 4.69) is 47.6 Å². The summed E-state index contributed by atoms with van der Waals surface area (Å²) < 4.78 is 6.05. The van der Waals surface area contributed by atoms with Gasteiger partial charge < -0.3 is 21.1 Å². The molecule has 4 aliphatic rings. The van der Waals surface area contributed by atoms with Gasteiger partial charge in [-0.15, -0.1) is 24.8 Å². The standard InChI is InChI=1S/C41H73N3O3.2ClH/c1-9-31(27(2)3)11-10-28(4)35-14-15-36-34-13-12-32-26-33(18-22-40(32,7)37(34)19-23-41(35,36)8)47-39(46)17-16-38(45)44(24-20-29(5)42)25-21-30(6)43;;/h12,27-31,33-37H,9-11,13-26,42-43H2,1-8H3;2*1H/t28-,29?,30?,31-,33+,34+,35-,36+,37+,40+,41-;;/m1../s1. The molecule has 286 valence electrons. The zero-order valence-corrected chi connectivity index (χ0v) is 34.1. The van der Waals surface area contributed by atoms with Crippen LogP contribution in [0.4, 0.5) is 0 Å². The van der Waals surface area contributed by atoms with Crippen molar-refractivity contribution in [1.29, 1.82) is 0 Å². The number of amides is 1. The van der Waals surface area contributed by atoms with E-state index in [1.54, 1.807) is 5.57 Å². The highest BCUT2D eigenvalue weighted by Gasteiger charge is 2.59. The van der Waals surface area contributed by atoms with Gasteiger partial charge in [-0.25, -0.2) is 0 Å². The van der Waals surface area contributed by atoms with Gasteiger partial charge in [-0.2, -0.15) is 0 Å². The zero-order valence-electron chi connectivity index (χ0n) is 32.5. The van der Waals surface area contributed by atoms with E-state index in [1.165, 1.54) is 51.4 Å². The minimum atomic E-state index is -0.237. The van der Waals surface area contributed by atoms with Crippen LogP contribution >= 0.6 is 24.8 Å². The fourth-order valence-electron chi connectivity index (χ4n) is 11.1. The second-order valence-corrected chi connectivity index (χ2v) is 17.7. The number of rotatable bonds is 16. The SMILES string of the molecule is CC[C@H](CC[C@@H](C)[C@H]1CC[C@H]2[C@@H]3CC=C4C[C@@H](OC(=O)CCC(=O)N(CCC(C)N)CCC(C)N)CC[C@]4(C)[C@H]3CC[C@]12C)C(C)C.Cl.Cl. The molecule has 11 atom stereocenters. The molecular formula is C41H75Cl2N3O3. The lowest BCUT2D eigenvalue weighted by Crippen LogP contribution is -2.51. The normalized spacial score (nSPS) is 33.0. The molecule has 49 heavy (non-hydrogen) atoms. The van der Waals surface area contributed by atoms with Crippen molar-refractivity contribution in [2.24, 2.45) is 63.7 Å². The summed E-state index contributed by atoms with van der Waals surface area (Å²) in [5.74, 6) is 5.53. The maximum atomic E-state index is 13.0. The molecule has 0 radical (unpaired) electrons. The van der Waals surface area contributed by atoms with Crippen molar-refractivity contribution in [3.05, 3.63) is 11.6 Å². The maximum absolute atomic E-state index is 13.0. The van der Waals surface area contributed by atoms with E-state index in [9.17, 15) is 9.59 Å². The Bertz CT molecular complexity index is 1070. The van der Waals surface area contributed by atoms with Crippen LogP contribution in [0.15, 0.2) is 11.6 Å². The van der Waals surface area contributed by atoms with E-state index >= 15 is 0 Å². The molecule has 0 bridgehead atoms. The van der Waals surface area contributed by atoms with Crippen molar-refractivity contribution in [1.82, 2.24) is 4.90 Å². The molecule has 0 spiro atoms. The quantitative estimate of drug-likeness (QED) is 0.122. The summed E-state index contributed by atoms with van der Waals surface area (Å²) in [5, 5.41) is 0. The number of hydrogen-bond acceptors (Lipinski definition) is 5. The Morgan fingerprint density at radius 1 is 0.878 bits per heavy atom. The van der Waals surface area contributed by atoms with Crippen LogP contribution in [0.25, 0.3) is 0 Å². The predicted molar refractivity (Wildman–Crippen MR) is 209 cm³/mol. The molecule has 4 N–H and O–H groups in total. The maximum Gasteiger partial charge on any atom is 0.306 e. The van der Waals surface area contributed by atoms with Gasteiger partial charge in [0.1, 0.15) is 6.10 Å². The van der Waals surface area contributed by atoms with Gasteiger partial charge in [-0.3, -0.25) is 9.59 Å². The van der Waals surface area contributed by atoms with Gasteiger partial charge in [0.25, 0.3) is 0 Å². The molecule has 0 saturated heterocycles. The summed E-state index contributed by atoms with van der Waals surface area (Å²) in [5.41, 5.74) is 14.2. The lowest BCUT2D eigenvalue weighted by Gasteiger charge is -2.58. The van der Waals surface area contributed by atoms with Crippen molar-refractivity contribution in [3.63, 3.8) is 0 Å². The molecule has 0 aromatic heterocycles. The minimum absolute atomic E-state index is 0. The second-order valence-electron chi connectivity index (χ2n) is 17.7. The molecule has 0 aliphatic heterocycles. The molecule has 4 aliphatic carbocycles. The third kappa shape index (κ3) is 10.6. The van der Waals surface area contributed by atoms with Gasteiger partial charge in [0.05, 0.1) is 6.42 Å². The highest BCUT2D eigenvalue weighted by molar-refractivity contribution is 5.85. The highest BCUT2D eigenvalue weighted by Crippen LogP contribution is 2.67. The number of ether oxygens (including phenoxy) is 1. The number of esters is 1. The molecule has 6 nitrogen and oxygen atoms in total. The number of carbonyl (C=O) groups is 2. The van der Waals surface area contributed by atoms with Crippen molar-refractivity contribution in [3.8, 4) is 0 Å². The average Bonchev–Trinajstić information content (AvgIpc) is 3.37. The first-order valence-corrected chi connectivity index (χ1v) is 19.9. The van der Waals surface area contributed by atoms with Gasteiger partial charge in [0.2, 0.25) is 5.91 Å². The van der Waals surface area contributed by atoms with Crippen LogP contribution in [0, 0.1) is 52.3 Å². The Kier molecular flexibility index (Phi) is 17.5. The molecular weight excluding hydrogens is 653 g/mol. The highest BCUT2D eigenvalue weighted by atomic mass is 35.5. The van der Waals surface area contributed by atoms with E-state index in [0.717, 1.165) is 73.5 Å². The molecule has 0 aromatic rings. The minimum Gasteiger partial charge on any atom is -0.462 e. The van der Waals surface area contributed by atoms with Crippen molar-refractivity contribution >= 4 is 36.7 Å². The first-order valence-electron chi connectivity index (χ1n) is 19.9. The molecule has 2 unspecified atom stereocenters. The monoisotopic (exact) mass is 728 g/mol. The van der Waals surface area contributed by atoms with E-state index in [0.29, 0.717) is 18.5 Å². The Labute approximate surface area is 313 Å². The van der Waals surface area contributed by atoms with Gasteiger partial charge in [-0.05, 0) is 130 Å². The summed E-state index contributed by atoms with van der Waals surface area (Å²) in [7, 11) is 0. The van der Waals surface area contributed by atoms with Crippen LogP contribution in [-0.4, -0.2) is 48.1 Å². The Hall–Kier alpha value is -0.820. The van der Waals surface area contributed by atoms with Crippen LogP contribution in [-0.2, 0) is 14.3 Å². The fraction of sp³-hybridized carbons (Fsp3) is 0.902. The first kappa shape index (κ1) is 44.3. The largest absolute Gasteiger partial charge is 0.462 e.